The molecule has 4 rings (SSSR count). The number of nitrogen functional groups attached to an aromatic ring is 1. The molecule has 0 spiro atoms. The molecule has 3 aromatic rings. The van der Waals surface area contributed by atoms with Gasteiger partial charge in [-0.3, -0.25) is 4.79 Å². The van der Waals surface area contributed by atoms with Crippen molar-refractivity contribution >= 4 is 27.6 Å². The fourth-order valence-corrected chi connectivity index (χ4v) is 5.24. The molecule has 0 saturated carbocycles. The van der Waals surface area contributed by atoms with Gasteiger partial charge in [0.2, 0.25) is 0 Å². The summed E-state index contributed by atoms with van der Waals surface area (Å²) in [4.78, 5) is 24.1. The quantitative estimate of drug-likeness (QED) is 0.572. The monoisotopic (exact) mass is 479 g/mol. The third-order valence-corrected chi connectivity index (χ3v) is 7.99. The fraction of sp³-hybridized carbons (Fsp3) is 0.320. The standard InChI is InChI=1S/C25H29N5O3S/c1-16-8-5-6-9-19(16)18-14-20(23(27-15-18)30-13-12-17(2)25(30,3)4)24(31)29-34(32,33)22-11-7-10-21(26)28-22/h5-11,14-15,17H,12-13H2,1-4H3,(H2,26,28)(H,29,31). The molecule has 3 N–H and O–H groups in total. The second-order valence-electron chi connectivity index (χ2n) is 9.24. The Morgan fingerprint density at radius 3 is 2.56 bits per heavy atom. The number of aryl methyl sites for hydroxylation is 1. The fourth-order valence-electron chi connectivity index (χ4n) is 4.30. The minimum absolute atomic E-state index is 0.0482. The van der Waals surface area contributed by atoms with Crippen LogP contribution in [-0.2, 0) is 10.0 Å². The van der Waals surface area contributed by atoms with Gasteiger partial charge in [0.05, 0.1) is 5.56 Å². The number of amides is 1. The van der Waals surface area contributed by atoms with Crippen molar-refractivity contribution in [2.45, 2.75) is 44.7 Å². The van der Waals surface area contributed by atoms with Crippen LogP contribution in [0.1, 0.15) is 43.1 Å². The first-order valence-electron chi connectivity index (χ1n) is 11.1. The topological polar surface area (TPSA) is 118 Å². The molecule has 178 valence electrons. The van der Waals surface area contributed by atoms with Crippen molar-refractivity contribution < 1.29 is 13.2 Å². The number of anilines is 2. The van der Waals surface area contributed by atoms with Crippen molar-refractivity contribution in [3.63, 3.8) is 0 Å². The number of carbonyl (C=O) groups excluding carboxylic acids is 1. The number of pyridine rings is 2. The smallest absolute Gasteiger partial charge is 0.281 e. The highest BCUT2D eigenvalue weighted by Crippen LogP contribution is 2.39. The average molecular weight is 480 g/mol. The number of hydrogen-bond donors (Lipinski definition) is 2. The van der Waals surface area contributed by atoms with Crippen LogP contribution in [0, 0.1) is 12.8 Å². The summed E-state index contributed by atoms with van der Waals surface area (Å²) >= 11 is 0. The van der Waals surface area contributed by atoms with Crippen molar-refractivity contribution in [1.29, 1.82) is 0 Å². The highest BCUT2D eigenvalue weighted by molar-refractivity contribution is 7.90. The lowest BCUT2D eigenvalue weighted by Crippen LogP contribution is -2.43. The van der Waals surface area contributed by atoms with Gasteiger partial charge in [-0.15, -0.1) is 0 Å². The summed E-state index contributed by atoms with van der Waals surface area (Å²) in [5.41, 5.74) is 8.26. The van der Waals surface area contributed by atoms with Crippen LogP contribution in [0.15, 0.2) is 59.8 Å². The molecule has 1 aliphatic rings. The van der Waals surface area contributed by atoms with Gasteiger partial charge in [0.25, 0.3) is 15.9 Å². The Hall–Kier alpha value is -3.46. The highest BCUT2D eigenvalue weighted by atomic mass is 32.2. The van der Waals surface area contributed by atoms with Crippen molar-refractivity contribution in [2.24, 2.45) is 5.92 Å². The third-order valence-electron chi connectivity index (χ3n) is 6.76. The van der Waals surface area contributed by atoms with Crippen LogP contribution in [0.25, 0.3) is 11.1 Å². The second-order valence-corrected chi connectivity index (χ2v) is 10.9. The number of nitrogens with zero attached hydrogens (tertiary/aromatic N) is 3. The summed E-state index contributed by atoms with van der Waals surface area (Å²) in [6, 6.07) is 13.7. The second kappa shape index (κ2) is 8.72. The number of aromatic nitrogens is 2. The maximum Gasteiger partial charge on any atom is 0.281 e. The van der Waals surface area contributed by atoms with Gasteiger partial charge in [0.15, 0.2) is 5.03 Å². The first-order valence-corrected chi connectivity index (χ1v) is 12.6. The van der Waals surface area contributed by atoms with Gasteiger partial charge >= 0.3 is 0 Å². The van der Waals surface area contributed by atoms with Crippen LogP contribution >= 0.6 is 0 Å². The number of benzene rings is 1. The molecule has 0 bridgehead atoms. The van der Waals surface area contributed by atoms with Crippen LogP contribution in [0.2, 0.25) is 0 Å². The molecule has 1 saturated heterocycles. The zero-order chi connectivity index (χ0) is 24.7. The molecule has 1 aromatic carbocycles. The van der Waals surface area contributed by atoms with Crippen molar-refractivity contribution in [3.05, 3.63) is 65.9 Å². The molecule has 1 fully saturated rings. The van der Waals surface area contributed by atoms with E-state index in [4.69, 9.17) is 5.73 Å². The highest BCUT2D eigenvalue weighted by Gasteiger charge is 2.41. The minimum Gasteiger partial charge on any atom is -0.384 e. The lowest BCUT2D eigenvalue weighted by Gasteiger charge is -2.36. The number of rotatable bonds is 5. The molecule has 1 atom stereocenters. The van der Waals surface area contributed by atoms with Crippen molar-refractivity contribution in [2.75, 3.05) is 17.2 Å². The lowest BCUT2D eigenvalue weighted by molar-refractivity contribution is 0.0981. The maximum atomic E-state index is 13.4. The number of sulfonamides is 1. The van der Waals surface area contributed by atoms with E-state index in [-0.39, 0.29) is 21.9 Å². The van der Waals surface area contributed by atoms with E-state index in [1.807, 2.05) is 31.2 Å². The van der Waals surface area contributed by atoms with E-state index in [1.165, 1.54) is 18.2 Å². The van der Waals surface area contributed by atoms with Crippen LogP contribution in [0.5, 0.6) is 0 Å². The Labute approximate surface area is 200 Å². The molecule has 1 unspecified atom stereocenters. The van der Waals surface area contributed by atoms with Gasteiger partial charge in [0.1, 0.15) is 11.6 Å². The van der Waals surface area contributed by atoms with Crippen LogP contribution in [-0.4, -0.2) is 36.4 Å². The van der Waals surface area contributed by atoms with E-state index in [0.717, 1.165) is 23.1 Å². The molecular weight excluding hydrogens is 450 g/mol. The summed E-state index contributed by atoms with van der Waals surface area (Å²) in [5.74, 6) is 0.117. The number of nitrogens with one attached hydrogen (secondary N) is 1. The number of carbonyl (C=O) groups is 1. The lowest BCUT2D eigenvalue weighted by atomic mass is 9.90. The molecule has 2 aromatic heterocycles. The molecule has 8 nitrogen and oxygen atoms in total. The molecule has 0 aliphatic carbocycles. The SMILES string of the molecule is Cc1ccccc1-c1cnc(N2CCC(C)C2(C)C)c(C(=O)NS(=O)(=O)c2cccc(N)n2)c1. The van der Waals surface area contributed by atoms with Crippen molar-refractivity contribution in [1.82, 2.24) is 14.7 Å². The minimum atomic E-state index is -4.23. The van der Waals surface area contributed by atoms with Gasteiger partial charge in [-0.25, -0.2) is 14.7 Å². The molecular formula is C25H29N5O3S. The summed E-state index contributed by atoms with van der Waals surface area (Å²) in [6.45, 7) is 9.07. The summed E-state index contributed by atoms with van der Waals surface area (Å²) in [7, 11) is -4.23. The van der Waals surface area contributed by atoms with Gasteiger partial charge in [-0.05, 0) is 62.4 Å². The molecule has 34 heavy (non-hydrogen) atoms. The molecule has 9 heteroatoms. The molecule has 1 amide bonds. The predicted molar refractivity (Wildman–Crippen MR) is 133 cm³/mol. The summed E-state index contributed by atoms with van der Waals surface area (Å²) < 4.78 is 28.0. The normalized spacial score (nSPS) is 17.5. The van der Waals surface area contributed by atoms with Crippen LogP contribution < -0.4 is 15.4 Å². The van der Waals surface area contributed by atoms with E-state index in [2.05, 4.69) is 40.4 Å². The Morgan fingerprint density at radius 2 is 1.91 bits per heavy atom. The average Bonchev–Trinajstić information content (AvgIpc) is 3.05. The zero-order valence-electron chi connectivity index (χ0n) is 19.7. The van der Waals surface area contributed by atoms with E-state index >= 15 is 0 Å². The largest absolute Gasteiger partial charge is 0.384 e. The summed E-state index contributed by atoms with van der Waals surface area (Å²) in [5, 5.41) is -0.319. The predicted octanol–water partition coefficient (Wildman–Crippen LogP) is 3.78. The van der Waals surface area contributed by atoms with Crippen molar-refractivity contribution in [3.8, 4) is 11.1 Å². The Balaban J connectivity index is 1.80. The van der Waals surface area contributed by atoms with Gasteiger partial charge < -0.3 is 10.6 Å². The van der Waals surface area contributed by atoms with Gasteiger partial charge in [-0.2, -0.15) is 8.42 Å². The van der Waals surface area contributed by atoms with Gasteiger partial charge in [0, 0.05) is 23.8 Å². The van der Waals surface area contributed by atoms with E-state index in [0.29, 0.717) is 18.3 Å². The molecule has 3 heterocycles. The Morgan fingerprint density at radius 1 is 1.18 bits per heavy atom. The number of nitrogens with two attached hydrogens (primary N) is 1. The molecule has 1 aliphatic heterocycles. The van der Waals surface area contributed by atoms with E-state index in [1.54, 1.807) is 12.3 Å². The Bertz CT molecular complexity index is 1350. The van der Waals surface area contributed by atoms with E-state index < -0.39 is 15.9 Å². The van der Waals surface area contributed by atoms with Crippen LogP contribution in [0.4, 0.5) is 11.6 Å². The third kappa shape index (κ3) is 4.35. The van der Waals surface area contributed by atoms with Gasteiger partial charge in [-0.1, -0.05) is 37.3 Å². The van der Waals surface area contributed by atoms with Crippen LogP contribution in [0.3, 0.4) is 0 Å². The maximum absolute atomic E-state index is 13.4. The Kier molecular flexibility index (Phi) is 6.07. The summed E-state index contributed by atoms with van der Waals surface area (Å²) in [6.07, 6.45) is 2.68. The first-order chi connectivity index (χ1) is 16.0. The van der Waals surface area contributed by atoms with E-state index in [9.17, 15) is 13.2 Å². The zero-order valence-corrected chi connectivity index (χ0v) is 20.6. The molecule has 0 radical (unpaired) electrons. The number of hydrogen-bond acceptors (Lipinski definition) is 7. The first kappa shape index (κ1) is 23.7.